The van der Waals surface area contributed by atoms with Crippen molar-refractivity contribution in [2.75, 3.05) is 7.11 Å². The van der Waals surface area contributed by atoms with Gasteiger partial charge in [-0.15, -0.1) is 11.3 Å². The lowest BCUT2D eigenvalue weighted by Crippen LogP contribution is -2.00. The summed E-state index contributed by atoms with van der Waals surface area (Å²) in [6.45, 7) is 0. The number of hydrogen-bond acceptors (Lipinski definition) is 6. The normalized spacial score (nSPS) is 11.0. The summed E-state index contributed by atoms with van der Waals surface area (Å²) in [6, 6.07) is 11.6. The molecule has 0 spiro atoms. The molecule has 0 saturated heterocycles. The lowest BCUT2D eigenvalue weighted by Gasteiger charge is -1.98. The number of carbonyl (C=O) groups excluding carboxylic acids is 1. The molecule has 0 saturated carbocycles. The maximum Gasteiger partial charge on any atom is 0.337 e. The van der Waals surface area contributed by atoms with Crippen LogP contribution in [0, 0.1) is 10.1 Å². The number of carbonyl (C=O) groups is 1. The van der Waals surface area contributed by atoms with E-state index >= 15 is 0 Å². The molecule has 6 nitrogen and oxygen atoms in total. The van der Waals surface area contributed by atoms with E-state index in [4.69, 9.17) is 0 Å². The van der Waals surface area contributed by atoms with Crippen LogP contribution in [0.25, 0.3) is 22.4 Å². The molecule has 1 aromatic heterocycles. The second kappa shape index (κ2) is 6.59. The molecule has 3 rings (SSSR count). The van der Waals surface area contributed by atoms with Crippen molar-refractivity contribution in [1.82, 2.24) is 4.98 Å². The standard InChI is InChI=1S/C17H12N2O4S/c1-23-17(20)12-5-2-11(3-6-12)4-9-16-18-14-8-7-13(19(21)22)10-15(14)24-16/h2-10H,1H3/b9-4+. The topological polar surface area (TPSA) is 82.3 Å². The highest BCUT2D eigenvalue weighted by atomic mass is 32.1. The van der Waals surface area contributed by atoms with Gasteiger partial charge in [0.15, 0.2) is 0 Å². The zero-order chi connectivity index (χ0) is 17.1. The molecule has 0 aliphatic carbocycles. The van der Waals surface area contributed by atoms with Crippen LogP contribution >= 0.6 is 11.3 Å². The predicted molar refractivity (Wildman–Crippen MR) is 93.0 cm³/mol. The van der Waals surface area contributed by atoms with Gasteiger partial charge in [0, 0.05) is 12.1 Å². The molecule has 7 heteroatoms. The molecule has 120 valence electrons. The van der Waals surface area contributed by atoms with Crippen LogP contribution in [-0.2, 0) is 4.74 Å². The number of nitro groups is 1. The molecule has 0 aliphatic rings. The summed E-state index contributed by atoms with van der Waals surface area (Å²) >= 11 is 1.38. The summed E-state index contributed by atoms with van der Waals surface area (Å²) in [4.78, 5) is 26.2. The van der Waals surface area contributed by atoms with Crippen LogP contribution < -0.4 is 0 Å². The molecular formula is C17H12N2O4S. The second-order valence-corrected chi connectivity index (χ2v) is 5.97. The van der Waals surface area contributed by atoms with Gasteiger partial charge in [-0.3, -0.25) is 10.1 Å². The Kier molecular flexibility index (Phi) is 4.35. The molecule has 0 fully saturated rings. The maximum atomic E-state index is 11.4. The highest BCUT2D eigenvalue weighted by Crippen LogP contribution is 2.27. The number of methoxy groups -OCH3 is 1. The van der Waals surface area contributed by atoms with Gasteiger partial charge in [0.1, 0.15) is 5.01 Å². The summed E-state index contributed by atoms with van der Waals surface area (Å²) in [5.74, 6) is -0.377. The third-order valence-electron chi connectivity index (χ3n) is 3.35. The minimum Gasteiger partial charge on any atom is -0.465 e. The van der Waals surface area contributed by atoms with Gasteiger partial charge in [-0.25, -0.2) is 9.78 Å². The van der Waals surface area contributed by atoms with Gasteiger partial charge in [0.2, 0.25) is 0 Å². The van der Waals surface area contributed by atoms with Gasteiger partial charge in [-0.05, 0) is 29.8 Å². The number of hydrogen-bond donors (Lipinski definition) is 0. The number of nitrogens with zero attached hydrogens (tertiary/aromatic N) is 2. The minimum absolute atomic E-state index is 0.0556. The Labute approximate surface area is 141 Å². The Morgan fingerprint density at radius 2 is 1.96 bits per heavy atom. The number of esters is 1. The first-order chi connectivity index (χ1) is 11.6. The van der Waals surface area contributed by atoms with Gasteiger partial charge < -0.3 is 4.74 Å². The van der Waals surface area contributed by atoms with E-state index in [0.29, 0.717) is 5.56 Å². The zero-order valence-corrected chi connectivity index (χ0v) is 13.4. The van der Waals surface area contributed by atoms with Crippen molar-refractivity contribution in [3.8, 4) is 0 Å². The molecule has 0 aliphatic heterocycles. The number of ether oxygens (including phenoxy) is 1. The molecule has 0 radical (unpaired) electrons. The molecule has 1 heterocycles. The molecule has 0 N–H and O–H groups in total. The summed E-state index contributed by atoms with van der Waals surface area (Å²) in [5, 5.41) is 11.6. The van der Waals surface area contributed by atoms with Crippen LogP contribution in [-0.4, -0.2) is 23.0 Å². The summed E-state index contributed by atoms with van der Waals surface area (Å²) in [6.07, 6.45) is 3.71. The largest absolute Gasteiger partial charge is 0.465 e. The van der Waals surface area contributed by atoms with Crippen molar-refractivity contribution in [2.24, 2.45) is 0 Å². The monoisotopic (exact) mass is 340 g/mol. The number of non-ortho nitro benzene ring substituents is 1. The van der Waals surface area contributed by atoms with Crippen molar-refractivity contribution in [2.45, 2.75) is 0 Å². The summed E-state index contributed by atoms with van der Waals surface area (Å²) in [7, 11) is 1.34. The lowest BCUT2D eigenvalue weighted by atomic mass is 10.1. The van der Waals surface area contributed by atoms with Crippen LogP contribution in [0.5, 0.6) is 0 Å². The Hall–Kier alpha value is -3.06. The van der Waals surface area contributed by atoms with Crippen molar-refractivity contribution in [3.63, 3.8) is 0 Å². The van der Waals surface area contributed by atoms with Crippen LogP contribution in [0.15, 0.2) is 42.5 Å². The molecule has 0 bridgehead atoms. The van der Waals surface area contributed by atoms with E-state index in [1.54, 1.807) is 30.3 Å². The summed E-state index contributed by atoms with van der Waals surface area (Å²) < 4.78 is 5.42. The van der Waals surface area contributed by atoms with E-state index in [1.165, 1.54) is 30.6 Å². The van der Waals surface area contributed by atoms with Gasteiger partial charge in [0.25, 0.3) is 5.69 Å². The fourth-order valence-corrected chi connectivity index (χ4v) is 3.03. The Bertz CT molecular complexity index is 945. The van der Waals surface area contributed by atoms with Crippen LogP contribution in [0.2, 0.25) is 0 Å². The zero-order valence-electron chi connectivity index (χ0n) is 12.6. The summed E-state index contributed by atoms with van der Waals surface area (Å²) in [5.41, 5.74) is 2.18. The number of fused-ring (bicyclic) bond motifs is 1. The van der Waals surface area contributed by atoms with E-state index < -0.39 is 4.92 Å². The fourth-order valence-electron chi connectivity index (χ4n) is 2.13. The average molecular weight is 340 g/mol. The molecule has 3 aromatic rings. The Morgan fingerprint density at radius 1 is 1.21 bits per heavy atom. The van der Waals surface area contributed by atoms with Gasteiger partial charge >= 0.3 is 5.97 Å². The van der Waals surface area contributed by atoms with Crippen molar-refractivity contribution < 1.29 is 14.5 Å². The first-order valence-electron chi connectivity index (χ1n) is 6.98. The number of nitro benzene ring substituents is 1. The predicted octanol–water partition coefficient (Wildman–Crippen LogP) is 4.16. The van der Waals surface area contributed by atoms with E-state index in [9.17, 15) is 14.9 Å². The molecule has 0 unspecified atom stereocenters. The van der Waals surface area contributed by atoms with E-state index in [0.717, 1.165) is 20.8 Å². The van der Waals surface area contributed by atoms with Crippen LogP contribution in [0.1, 0.15) is 20.9 Å². The molecular weight excluding hydrogens is 328 g/mol. The smallest absolute Gasteiger partial charge is 0.337 e. The van der Waals surface area contributed by atoms with Gasteiger partial charge in [0.05, 0.1) is 27.8 Å². The molecule has 0 amide bonds. The van der Waals surface area contributed by atoms with Gasteiger partial charge in [-0.1, -0.05) is 18.2 Å². The van der Waals surface area contributed by atoms with Gasteiger partial charge in [-0.2, -0.15) is 0 Å². The highest BCUT2D eigenvalue weighted by molar-refractivity contribution is 7.19. The Morgan fingerprint density at radius 3 is 2.62 bits per heavy atom. The lowest BCUT2D eigenvalue weighted by molar-refractivity contribution is -0.384. The minimum atomic E-state index is -0.419. The number of rotatable bonds is 4. The van der Waals surface area contributed by atoms with E-state index in [-0.39, 0.29) is 11.7 Å². The second-order valence-electron chi connectivity index (χ2n) is 4.91. The number of thiazole rings is 1. The number of benzene rings is 2. The third-order valence-corrected chi connectivity index (χ3v) is 4.33. The molecule has 2 aromatic carbocycles. The van der Waals surface area contributed by atoms with Crippen LogP contribution in [0.4, 0.5) is 5.69 Å². The third kappa shape index (κ3) is 3.31. The van der Waals surface area contributed by atoms with E-state index in [1.807, 2.05) is 12.2 Å². The fraction of sp³-hybridized carbons (Fsp3) is 0.0588. The quantitative estimate of drug-likeness (QED) is 0.404. The molecule has 24 heavy (non-hydrogen) atoms. The maximum absolute atomic E-state index is 11.4. The van der Waals surface area contributed by atoms with Crippen molar-refractivity contribution >= 4 is 45.4 Å². The first-order valence-corrected chi connectivity index (χ1v) is 7.80. The first kappa shape index (κ1) is 15.8. The van der Waals surface area contributed by atoms with Crippen LogP contribution in [0.3, 0.4) is 0 Å². The SMILES string of the molecule is COC(=O)c1ccc(/C=C/c2nc3ccc([N+](=O)[O-])cc3s2)cc1. The van der Waals surface area contributed by atoms with E-state index in [2.05, 4.69) is 9.72 Å². The number of aromatic nitrogens is 1. The molecule has 0 atom stereocenters. The average Bonchev–Trinajstić information content (AvgIpc) is 3.01. The van der Waals surface area contributed by atoms with Crippen molar-refractivity contribution in [1.29, 1.82) is 0 Å². The Balaban J connectivity index is 1.82. The van der Waals surface area contributed by atoms with Crippen molar-refractivity contribution in [3.05, 3.63) is 68.7 Å². The highest BCUT2D eigenvalue weighted by Gasteiger charge is 2.09.